The number of fused-ring (bicyclic) bond motifs is 1. The Morgan fingerprint density at radius 1 is 0.931 bits per heavy atom. The van der Waals surface area contributed by atoms with Gasteiger partial charge in [-0.3, -0.25) is 4.79 Å². The van der Waals surface area contributed by atoms with Gasteiger partial charge in [-0.2, -0.15) is 0 Å². The van der Waals surface area contributed by atoms with Crippen LogP contribution in [0.4, 0.5) is 0 Å². The molecule has 8 heteroatoms. The van der Waals surface area contributed by atoms with Crippen LogP contribution in [0.2, 0.25) is 0 Å². The van der Waals surface area contributed by atoms with E-state index in [4.69, 9.17) is 13.9 Å². The molecule has 1 aliphatic heterocycles. The highest BCUT2D eigenvalue weighted by Gasteiger charge is 2.44. The summed E-state index contributed by atoms with van der Waals surface area (Å²) < 4.78 is 16.8. The van der Waals surface area contributed by atoms with Crippen LogP contribution in [0, 0.1) is 0 Å². The first-order chi connectivity index (χ1) is 14.0. The van der Waals surface area contributed by atoms with Gasteiger partial charge in [-0.1, -0.05) is 30.3 Å². The summed E-state index contributed by atoms with van der Waals surface area (Å²) in [5.41, 5.74) is 0.801. The molecule has 4 N–H and O–H groups in total. The molecular weight excluding hydrogens is 380 g/mol. The van der Waals surface area contributed by atoms with E-state index in [0.29, 0.717) is 11.1 Å². The second-order valence-electron chi connectivity index (χ2n) is 6.81. The molecule has 152 valence electrons. The third-order valence-corrected chi connectivity index (χ3v) is 4.86. The minimum atomic E-state index is -1.55. The van der Waals surface area contributed by atoms with Crippen LogP contribution in [-0.2, 0) is 4.74 Å². The average molecular weight is 400 g/mol. The van der Waals surface area contributed by atoms with Gasteiger partial charge in [-0.15, -0.1) is 0 Å². The van der Waals surface area contributed by atoms with Gasteiger partial charge < -0.3 is 34.3 Å². The largest absolute Gasteiger partial charge is 0.462 e. The van der Waals surface area contributed by atoms with E-state index in [0.717, 1.165) is 5.56 Å². The van der Waals surface area contributed by atoms with E-state index in [2.05, 4.69) is 0 Å². The van der Waals surface area contributed by atoms with Crippen LogP contribution in [0.1, 0.15) is 0 Å². The molecule has 8 nitrogen and oxygen atoms in total. The van der Waals surface area contributed by atoms with Crippen LogP contribution in [0.15, 0.2) is 63.8 Å². The van der Waals surface area contributed by atoms with Crippen molar-refractivity contribution in [2.24, 2.45) is 0 Å². The molecule has 0 saturated carbocycles. The fraction of sp³-hybridized carbons (Fsp3) is 0.286. The molecule has 0 amide bonds. The average Bonchev–Trinajstić information content (AvgIpc) is 2.74. The Hall–Kier alpha value is -2.75. The Labute approximate surface area is 165 Å². The van der Waals surface area contributed by atoms with E-state index in [1.807, 2.05) is 30.3 Å². The molecule has 5 atom stereocenters. The summed E-state index contributed by atoms with van der Waals surface area (Å²) in [4.78, 5) is 12.4. The number of hydrogen-bond donors (Lipinski definition) is 4. The first-order valence-electron chi connectivity index (χ1n) is 9.08. The molecule has 2 aromatic carbocycles. The maximum Gasteiger partial charge on any atom is 0.229 e. The van der Waals surface area contributed by atoms with Crippen molar-refractivity contribution in [3.8, 4) is 17.1 Å². The first kappa shape index (κ1) is 19.6. The van der Waals surface area contributed by atoms with E-state index >= 15 is 0 Å². The third kappa shape index (κ3) is 3.76. The molecule has 1 aromatic heterocycles. The number of aliphatic hydroxyl groups is 4. The van der Waals surface area contributed by atoms with Gasteiger partial charge in [0.25, 0.3) is 0 Å². The van der Waals surface area contributed by atoms with Gasteiger partial charge in [0.2, 0.25) is 6.29 Å². The Morgan fingerprint density at radius 3 is 2.41 bits per heavy atom. The van der Waals surface area contributed by atoms with E-state index in [9.17, 15) is 25.2 Å². The zero-order chi connectivity index (χ0) is 20.5. The summed E-state index contributed by atoms with van der Waals surface area (Å²) in [7, 11) is 0. The van der Waals surface area contributed by atoms with Gasteiger partial charge in [0, 0.05) is 17.7 Å². The van der Waals surface area contributed by atoms with Crippen molar-refractivity contribution in [1.29, 1.82) is 0 Å². The number of hydrogen-bond acceptors (Lipinski definition) is 8. The normalized spacial score (nSPS) is 27.1. The van der Waals surface area contributed by atoms with Crippen LogP contribution >= 0.6 is 0 Å². The fourth-order valence-corrected chi connectivity index (χ4v) is 3.25. The predicted octanol–water partition coefficient (Wildman–Crippen LogP) is 0.639. The minimum Gasteiger partial charge on any atom is -0.462 e. The summed E-state index contributed by atoms with van der Waals surface area (Å²) in [6.45, 7) is -0.558. The Bertz CT molecular complexity index is 1050. The lowest BCUT2D eigenvalue weighted by atomic mass is 9.99. The summed E-state index contributed by atoms with van der Waals surface area (Å²) in [5.74, 6) is 0.614. The van der Waals surface area contributed by atoms with Crippen molar-refractivity contribution < 1.29 is 34.3 Å². The molecule has 1 aliphatic rings. The smallest absolute Gasteiger partial charge is 0.229 e. The molecule has 0 spiro atoms. The lowest BCUT2D eigenvalue weighted by Gasteiger charge is -2.39. The second-order valence-corrected chi connectivity index (χ2v) is 6.81. The molecule has 1 fully saturated rings. The van der Waals surface area contributed by atoms with Gasteiger partial charge in [-0.25, -0.2) is 0 Å². The van der Waals surface area contributed by atoms with E-state index in [-0.39, 0.29) is 16.8 Å². The van der Waals surface area contributed by atoms with Gasteiger partial charge >= 0.3 is 0 Å². The van der Waals surface area contributed by atoms with E-state index in [1.54, 1.807) is 0 Å². The second kappa shape index (κ2) is 7.94. The summed E-state index contributed by atoms with van der Waals surface area (Å²) in [6.07, 6.45) is -6.97. The number of aliphatic hydroxyl groups excluding tert-OH is 4. The van der Waals surface area contributed by atoms with Crippen LogP contribution in [0.3, 0.4) is 0 Å². The number of rotatable bonds is 4. The monoisotopic (exact) mass is 400 g/mol. The highest BCUT2D eigenvalue weighted by atomic mass is 16.7. The molecule has 1 saturated heterocycles. The van der Waals surface area contributed by atoms with Gasteiger partial charge in [-0.05, 0) is 12.1 Å². The molecule has 0 bridgehead atoms. The molecular formula is C21H20O8. The van der Waals surface area contributed by atoms with Gasteiger partial charge in [0.1, 0.15) is 41.5 Å². The fourth-order valence-electron chi connectivity index (χ4n) is 3.25. The maximum absolute atomic E-state index is 12.4. The van der Waals surface area contributed by atoms with Crippen molar-refractivity contribution >= 4 is 11.0 Å². The molecule has 29 heavy (non-hydrogen) atoms. The molecule has 0 aliphatic carbocycles. The van der Waals surface area contributed by atoms with Crippen molar-refractivity contribution in [3.63, 3.8) is 0 Å². The number of benzene rings is 2. The standard InChI is InChI=1S/C21H20O8/c22-10-17-18(24)19(25)20(26)21(29-17)27-12-6-7-13-14(23)9-15(28-16(13)8-12)11-4-2-1-3-5-11/h1-9,17-22,24-26H,10H2/t17-,18+,19+,20+,21-/m0/s1. The SMILES string of the molecule is O=c1cc(-c2ccccc2)oc2cc(O[C@H]3O[C@@H](CO)[C@@H](O)[C@@H](O)[C@H]3O)ccc12. The first-order valence-corrected chi connectivity index (χ1v) is 9.08. The van der Waals surface area contributed by atoms with Crippen LogP contribution in [-0.4, -0.2) is 57.7 Å². The minimum absolute atomic E-state index is 0.218. The highest BCUT2D eigenvalue weighted by molar-refractivity contribution is 5.80. The Kier molecular flexibility index (Phi) is 5.35. The summed E-state index contributed by atoms with van der Waals surface area (Å²) in [5, 5.41) is 39.5. The molecule has 0 radical (unpaired) electrons. The lowest BCUT2D eigenvalue weighted by Crippen LogP contribution is -2.60. The van der Waals surface area contributed by atoms with Crippen molar-refractivity contribution in [3.05, 3.63) is 64.8 Å². The highest BCUT2D eigenvalue weighted by Crippen LogP contribution is 2.28. The van der Waals surface area contributed by atoms with E-state index in [1.165, 1.54) is 24.3 Å². The van der Waals surface area contributed by atoms with Crippen LogP contribution in [0.5, 0.6) is 5.75 Å². The summed E-state index contributed by atoms with van der Waals surface area (Å²) >= 11 is 0. The third-order valence-electron chi connectivity index (χ3n) is 4.86. The van der Waals surface area contributed by atoms with Gasteiger partial charge in [0.15, 0.2) is 5.43 Å². The Morgan fingerprint density at radius 2 is 1.69 bits per heavy atom. The molecule has 2 heterocycles. The summed E-state index contributed by atoms with van der Waals surface area (Å²) in [6, 6.07) is 15.1. The van der Waals surface area contributed by atoms with Crippen LogP contribution in [0.25, 0.3) is 22.3 Å². The van der Waals surface area contributed by atoms with Crippen molar-refractivity contribution in [1.82, 2.24) is 0 Å². The van der Waals surface area contributed by atoms with Crippen molar-refractivity contribution in [2.45, 2.75) is 30.7 Å². The zero-order valence-corrected chi connectivity index (χ0v) is 15.2. The number of ether oxygens (including phenoxy) is 2. The molecule has 4 rings (SSSR count). The Balaban J connectivity index is 1.66. The van der Waals surface area contributed by atoms with Gasteiger partial charge in [0.05, 0.1) is 12.0 Å². The predicted molar refractivity (Wildman–Crippen MR) is 102 cm³/mol. The van der Waals surface area contributed by atoms with E-state index < -0.39 is 37.3 Å². The lowest BCUT2D eigenvalue weighted by molar-refractivity contribution is -0.277. The zero-order valence-electron chi connectivity index (χ0n) is 15.2. The molecule has 0 unspecified atom stereocenters. The quantitative estimate of drug-likeness (QED) is 0.502. The molecule has 3 aromatic rings. The van der Waals surface area contributed by atoms with Crippen LogP contribution < -0.4 is 10.2 Å². The maximum atomic E-state index is 12.4. The topological polar surface area (TPSA) is 130 Å². The van der Waals surface area contributed by atoms with Crippen molar-refractivity contribution in [2.75, 3.05) is 6.61 Å².